The Hall–Kier alpha value is -3.61. The third kappa shape index (κ3) is 4.38. The lowest BCUT2D eigenvalue weighted by atomic mass is 9.73. The number of nitrogens with one attached hydrogen (secondary N) is 1. The fraction of sp³-hybridized carbons (Fsp3) is 0.250. The van der Waals surface area contributed by atoms with Crippen molar-refractivity contribution < 1.29 is 13.2 Å². The molecule has 4 atom stereocenters. The first-order valence-corrected chi connectivity index (χ1v) is 14.5. The summed E-state index contributed by atoms with van der Waals surface area (Å²) < 4.78 is 35.7. The van der Waals surface area contributed by atoms with Gasteiger partial charge in [0.15, 0.2) is 0 Å². The number of methoxy groups -OCH3 is 1. The average Bonchev–Trinajstić information content (AvgIpc) is 3.31. The van der Waals surface area contributed by atoms with E-state index in [4.69, 9.17) is 4.74 Å². The summed E-state index contributed by atoms with van der Waals surface area (Å²) in [6.07, 6.45) is 0.632. The molecular formula is C32H32N2O3S. The van der Waals surface area contributed by atoms with E-state index in [1.54, 1.807) is 23.5 Å². The number of nitrogens with zero attached hydrogens (tertiary/aromatic N) is 1. The second-order valence-corrected chi connectivity index (χ2v) is 12.2. The Labute approximate surface area is 225 Å². The van der Waals surface area contributed by atoms with Crippen molar-refractivity contribution >= 4 is 15.7 Å². The summed E-state index contributed by atoms with van der Waals surface area (Å²) in [5.74, 6) is 0.878. The van der Waals surface area contributed by atoms with Crippen molar-refractivity contribution in [1.29, 1.82) is 0 Å². The molecule has 0 radical (unpaired) electrons. The summed E-state index contributed by atoms with van der Waals surface area (Å²) in [5.41, 5.74) is 5.53. The van der Waals surface area contributed by atoms with Crippen LogP contribution in [0.25, 0.3) is 0 Å². The molecule has 0 spiro atoms. The number of benzene rings is 4. The lowest BCUT2D eigenvalue weighted by molar-refractivity contribution is 0.375. The topological polar surface area (TPSA) is 58.6 Å². The number of sulfonamides is 1. The van der Waals surface area contributed by atoms with Crippen LogP contribution >= 0.6 is 0 Å². The van der Waals surface area contributed by atoms with E-state index in [0.717, 1.165) is 28.1 Å². The van der Waals surface area contributed by atoms with E-state index in [0.29, 0.717) is 17.9 Å². The minimum atomic E-state index is -3.72. The average molecular weight is 525 g/mol. The first-order chi connectivity index (χ1) is 18.5. The predicted octanol–water partition coefficient (Wildman–Crippen LogP) is 5.86. The molecule has 0 aliphatic carbocycles. The maximum absolute atomic E-state index is 14.2. The van der Waals surface area contributed by atoms with Gasteiger partial charge in [-0.25, -0.2) is 8.42 Å². The van der Waals surface area contributed by atoms with Crippen LogP contribution in [0.3, 0.4) is 0 Å². The predicted molar refractivity (Wildman–Crippen MR) is 151 cm³/mol. The van der Waals surface area contributed by atoms with Gasteiger partial charge in [-0.2, -0.15) is 4.31 Å². The van der Waals surface area contributed by atoms with Crippen molar-refractivity contribution in [3.63, 3.8) is 0 Å². The van der Waals surface area contributed by atoms with Gasteiger partial charge < -0.3 is 10.1 Å². The zero-order chi connectivity index (χ0) is 26.3. The second-order valence-electron chi connectivity index (χ2n) is 10.3. The molecule has 4 aromatic carbocycles. The molecule has 0 saturated carbocycles. The molecule has 0 amide bonds. The van der Waals surface area contributed by atoms with Crippen molar-refractivity contribution in [3.8, 4) is 5.75 Å². The van der Waals surface area contributed by atoms with Gasteiger partial charge >= 0.3 is 0 Å². The lowest BCUT2D eigenvalue weighted by Crippen LogP contribution is -2.46. The van der Waals surface area contributed by atoms with Gasteiger partial charge in [0.25, 0.3) is 0 Å². The van der Waals surface area contributed by atoms with E-state index in [9.17, 15) is 8.42 Å². The van der Waals surface area contributed by atoms with E-state index < -0.39 is 10.0 Å². The summed E-state index contributed by atoms with van der Waals surface area (Å²) in [6, 6.07) is 33.7. The number of aryl methyl sites for hydroxylation is 1. The molecule has 4 aromatic rings. The van der Waals surface area contributed by atoms with Crippen LogP contribution in [0.1, 0.15) is 28.2 Å². The second kappa shape index (κ2) is 9.93. The van der Waals surface area contributed by atoms with Crippen molar-refractivity contribution in [2.75, 3.05) is 19.0 Å². The van der Waals surface area contributed by atoms with E-state index in [2.05, 4.69) is 53.8 Å². The molecule has 1 saturated heterocycles. The standard InChI is InChI=1S/C32H32N2O3S/c1-22-13-16-26(17-14-22)38(35,36)34-21-28-31(24-11-7-4-8-12-24)27-20-25(37-2)15-18-29(27)33-32(28)30(34)19-23-9-5-3-6-10-23/h3-18,20,28,30-33H,19,21H2,1-2H3/t28-,30+,31+,32-/m1/s1. The van der Waals surface area contributed by atoms with Gasteiger partial charge in [0.2, 0.25) is 10.0 Å². The molecule has 1 fully saturated rings. The molecule has 194 valence electrons. The summed E-state index contributed by atoms with van der Waals surface area (Å²) >= 11 is 0. The summed E-state index contributed by atoms with van der Waals surface area (Å²) in [4.78, 5) is 0.343. The van der Waals surface area contributed by atoms with Gasteiger partial charge in [-0.3, -0.25) is 0 Å². The van der Waals surface area contributed by atoms with Crippen LogP contribution < -0.4 is 10.1 Å². The molecule has 2 aliphatic rings. The van der Waals surface area contributed by atoms with Crippen LogP contribution in [0.5, 0.6) is 5.75 Å². The highest BCUT2D eigenvalue weighted by Crippen LogP contribution is 2.49. The van der Waals surface area contributed by atoms with Crippen LogP contribution in [-0.4, -0.2) is 38.5 Å². The smallest absolute Gasteiger partial charge is 0.243 e. The van der Waals surface area contributed by atoms with Gasteiger partial charge in [-0.05, 0) is 60.4 Å². The van der Waals surface area contributed by atoms with E-state index >= 15 is 0 Å². The minimum absolute atomic E-state index is 0.0315. The van der Waals surface area contributed by atoms with Gasteiger partial charge in [0.1, 0.15) is 5.75 Å². The molecule has 6 heteroatoms. The molecule has 38 heavy (non-hydrogen) atoms. The Balaban J connectivity index is 1.49. The Bertz CT molecular complexity index is 1520. The molecule has 0 bridgehead atoms. The maximum Gasteiger partial charge on any atom is 0.243 e. The number of ether oxygens (including phenoxy) is 1. The Morgan fingerprint density at radius 1 is 0.895 bits per heavy atom. The Kier molecular flexibility index (Phi) is 6.46. The van der Waals surface area contributed by atoms with Gasteiger partial charge in [0, 0.05) is 36.2 Å². The highest BCUT2D eigenvalue weighted by molar-refractivity contribution is 7.89. The van der Waals surface area contributed by atoms with Crippen LogP contribution in [0, 0.1) is 12.8 Å². The third-order valence-corrected chi connectivity index (χ3v) is 9.96. The lowest BCUT2D eigenvalue weighted by Gasteiger charge is -2.39. The number of anilines is 1. The Morgan fingerprint density at radius 3 is 2.26 bits per heavy atom. The fourth-order valence-electron chi connectivity index (χ4n) is 6.20. The highest BCUT2D eigenvalue weighted by Gasteiger charge is 2.52. The zero-order valence-corrected chi connectivity index (χ0v) is 22.4. The molecular weight excluding hydrogens is 492 g/mol. The van der Waals surface area contributed by atoms with Crippen molar-refractivity contribution in [2.24, 2.45) is 5.92 Å². The molecule has 0 unspecified atom stereocenters. The van der Waals surface area contributed by atoms with Crippen molar-refractivity contribution in [3.05, 3.63) is 125 Å². The van der Waals surface area contributed by atoms with Gasteiger partial charge in [-0.1, -0.05) is 78.4 Å². The Morgan fingerprint density at radius 2 is 1.58 bits per heavy atom. The van der Waals surface area contributed by atoms with Crippen molar-refractivity contribution in [2.45, 2.75) is 36.2 Å². The maximum atomic E-state index is 14.2. The quantitative estimate of drug-likeness (QED) is 0.343. The van der Waals surface area contributed by atoms with Gasteiger partial charge in [0.05, 0.1) is 12.0 Å². The largest absolute Gasteiger partial charge is 0.497 e. The van der Waals surface area contributed by atoms with Gasteiger partial charge in [-0.15, -0.1) is 0 Å². The number of fused-ring (bicyclic) bond motifs is 2. The van der Waals surface area contributed by atoms with E-state index in [-0.39, 0.29) is 23.9 Å². The molecule has 6 rings (SSSR count). The highest BCUT2D eigenvalue weighted by atomic mass is 32.2. The van der Waals surface area contributed by atoms with Crippen LogP contribution in [0.15, 0.2) is 108 Å². The zero-order valence-electron chi connectivity index (χ0n) is 21.6. The SMILES string of the molecule is COc1ccc2c(c1)[C@H](c1ccccc1)[C@H]1CN(S(=O)(=O)c3ccc(C)cc3)[C@@H](Cc3ccccc3)[C@@H]1N2. The first-order valence-electron chi connectivity index (χ1n) is 13.1. The van der Waals surface area contributed by atoms with E-state index in [1.807, 2.05) is 49.4 Å². The van der Waals surface area contributed by atoms with Crippen LogP contribution in [0.2, 0.25) is 0 Å². The number of hydrogen-bond acceptors (Lipinski definition) is 4. The molecule has 2 heterocycles. The summed E-state index contributed by atoms with van der Waals surface area (Å²) in [7, 11) is -2.04. The number of hydrogen-bond donors (Lipinski definition) is 1. The molecule has 5 nitrogen and oxygen atoms in total. The van der Waals surface area contributed by atoms with E-state index in [1.165, 1.54) is 5.56 Å². The van der Waals surface area contributed by atoms with Crippen LogP contribution in [0.4, 0.5) is 5.69 Å². The minimum Gasteiger partial charge on any atom is -0.497 e. The van der Waals surface area contributed by atoms with Crippen molar-refractivity contribution in [1.82, 2.24) is 4.31 Å². The molecule has 0 aromatic heterocycles. The summed E-state index contributed by atoms with van der Waals surface area (Å²) in [6.45, 7) is 2.40. The van der Waals surface area contributed by atoms with Crippen LogP contribution in [-0.2, 0) is 16.4 Å². The fourth-order valence-corrected chi connectivity index (χ4v) is 7.88. The monoisotopic (exact) mass is 524 g/mol. The molecule has 2 aliphatic heterocycles. The molecule has 1 N–H and O–H groups in total. The number of rotatable bonds is 6. The first kappa shape index (κ1) is 24.7. The normalized spacial score (nSPS) is 22.8. The third-order valence-electron chi connectivity index (χ3n) is 8.05. The summed E-state index contributed by atoms with van der Waals surface area (Å²) in [5, 5.41) is 3.78.